The molecule has 0 rings (SSSR count). The number of likely N-dealkylation sites (N-methyl/N-ethyl adjacent to an activating group) is 1. The number of nitrogens with zero attached hydrogens (tertiary/aromatic N) is 1. The molecule has 0 bridgehead atoms. The van der Waals surface area contributed by atoms with E-state index in [4.69, 9.17) is 10.8 Å². The molecule has 0 saturated carbocycles. The topological polar surface area (TPSA) is 66.6 Å². The number of hydrogen-bond donors (Lipinski definition) is 2. The van der Waals surface area contributed by atoms with E-state index in [-0.39, 0.29) is 0 Å². The summed E-state index contributed by atoms with van der Waals surface area (Å²) in [5.74, 6) is 0. The van der Waals surface area contributed by atoms with Gasteiger partial charge in [-0.1, -0.05) is 0 Å². The Hall–Kier alpha value is -0.770. The summed E-state index contributed by atoms with van der Waals surface area (Å²) in [7, 11) is 0. The largest absolute Gasteiger partial charge is 0.392 e. The Balaban J connectivity index is 3.72. The zero-order chi connectivity index (χ0) is 8.15. The number of carbonyl (C=O) groups is 1. The number of aliphatic hydroxyl groups excluding tert-OH is 1. The number of amides is 2. The van der Waals surface area contributed by atoms with Gasteiger partial charge in [0.1, 0.15) is 0 Å². The van der Waals surface area contributed by atoms with E-state index in [2.05, 4.69) is 0 Å². The third-order valence-electron chi connectivity index (χ3n) is 1.18. The highest BCUT2D eigenvalue weighted by Crippen LogP contribution is 1.89. The van der Waals surface area contributed by atoms with Crippen LogP contribution in [0.5, 0.6) is 0 Å². The second-order valence-electron chi connectivity index (χ2n) is 2.23. The van der Waals surface area contributed by atoms with E-state index in [1.165, 1.54) is 4.90 Å². The number of carbonyl (C=O) groups excluding carboxylic acids is 1. The molecule has 4 heteroatoms. The minimum Gasteiger partial charge on any atom is -0.392 e. The lowest BCUT2D eigenvalue weighted by Crippen LogP contribution is -2.39. The van der Waals surface area contributed by atoms with Crippen LogP contribution in [0.1, 0.15) is 13.8 Å². The Morgan fingerprint density at radius 1 is 1.80 bits per heavy atom. The van der Waals surface area contributed by atoms with Crippen LogP contribution in [0.4, 0.5) is 4.79 Å². The summed E-state index contributed by atoms with van der Waals surface area (Å²) in [4.78, 5) is 11.9. The van der Waals surface area contributed by atoms with Crippen molar-refractivity contribution in [3.8, 4) is 0 Å². The molecule has 0 spiro atoms. The third-order valence-corrected chi connectivity index (χ3v) is 1.18. The summed E-state index contributed by atoms with van der Waals surface area (Å²) in [6.45, 7) is 4.28. The van der Waals surface area contributed by atoms with Crippen molar-refractivity contribution in [3.05, 3.63) is 0 Å². The fourth-order valence-corrected chi connectivity index (χ4v) is 0.694. The monoisotopic (exact) mass is 146 g/mol. The van der Waals surface area contributed by atoms with Crippen LogP contribution in [-0.4, -0.2) is 35.2 Å². The molecular weight excluding hydrogens is 132 g/mol. The predicted molar refractivity (Wildman–Crippen MR) is 38.5 cm³/mol. The van der Waals surface area contributed by atoms with Gasteiger partial charge in [-0.3, -0.25) is 0 Å². The lowest BCUT2D eigenvalue weighted by Gasteiger charge is -2.19. The molecule has 0 aromatic heterocycles. The second kappa shape index (κ2) is 4.11. The van der Waals surface area contributed by atoms with Gasteiger partial charge in [0.2, 0.25) is 0 Å². The Morgan fingerprint density at radius 3 is 2.40 bits per heavy atom. The molecule has 0 fully saturated rings. The minimum atomic E-state index is -0.507. The minimum absolute atomic E-state index is 0.311. The first kappa shape index (κ1) is 9.23. The van der Waals surface area contributed by atoms with Gasteiger partial charge in [0, 0.05) is 13.1 Å². The molecule has 10 heavy (non-hydrogen) atoms. The van der Waals surface area contributed by atoms with Crippen molar-refractivity contribution in [1.29, 1.82) is 0 Å². The van der Waals surface area contributed by atoms with E-state index in [1.807, 2.05) is 6.92 Å². The maximum atomic E-state index is 10.5. The van der Waals surface area contributed by atoms with E-state index in [1.54, 1.807) is 6.92 Å². The first-order valence-corrected chi connectivity index (χ1v) is 3.30. The summed E-state index contributed by atoms with van der Waals surface area (Å²) >= 11 is 0. The molecule has 0 radical (unpaired) electrons. The van der Waals surface area contributed by atoms with Crippen molar-refractivity contribution >= 4 is 6.03 Å². The molecule has 0 aliphatic rings. The van der Waals surface area contributed by atoms with Crippen molar-refractivity contribution in [2.24, 2.45) is 5.73 Å². The number of rotatable bonds is 3. The van der Waals surface area contributed by atoms with E-state index in [9.17, 15) is 4.79 Å². The number of nitrogens with two attached hydrogens (primary N) is 1. The van der Waals surface area contributed by atoms with Crippen LogP contribution in [0.3, 0.4) is 0 Å². The average Bonchev–Trinajstić information content (AvgIpc) is 1.81. The van der Waals surface area contributed by atoms with Gasteiger partial charge in [0.15, 0.2) is 0 Å². The van der Waals surface area contributed by atoms with E-state index < -0.39 is 12.1 Å². The number of primary amides is 1. The Bertz CT molecular complexity index is 114. The predicted octanol–water partition coefficient (Wildman–Crippen LogP) is -0.232. The third kappa shape index (κ3) is 3.29. The molecule has 1 atom stereocenters. The summed E-state index contributed by atoms with van der Waals surface area (Å²) in [5.41, 5.74) is 4.97. The van der Waals surface area contributed by atoms with Crippen LogP contribution < -0.4 is 5.73 Å². The SMILES string of the molecule is CCN(CC(C)O)C(N)=O. The first-order valence-electron chi connectivity index (χ1n) is 3.30. The fourth-order valence-electron chi connectivity index (χ4n) is 0.694. The van der Waals surface area contributed by atoms with Crippen molar-refractivity contribution in [1.82, 2.24) is 4.90 Å². The van der Waals surface area contributed by atoms with Crippen LogP contribution in [0.2, 0.25) is 0 Å². The van der Waals surface area contributed by atoms with Crippen LogP contribution in [0.15, 0.2) is 0 Å². The van der Waals surface area contributed by atoms with Gasteiger partial charge in [-0.15, -0.1) is 0 Å². The van der Waals surface area contributed by atoms with Crippen molar-refractivity contribution in [3.63, 3.8) is 0 Å². The van der Waals surface area contributed by atoms with Gasteiger partial charge >= 0.3 is 6.03 Å². The molecule has 0 saturated heterocycles. The highest BCUT2D eigenvalue weighted by atomic mass is 16.3. The Morgan fingerprint density at radius 2 is 2.30 bits per heavy atom. The van der Waals surface area contributed by atoms with Gasteiger partial charge < -0.3 is 15.7 Å². The van der Waals surface area contributed by atoms with Crippen LogP contribution in [-0.2, 0) is 0 Å². The molecule has 0 aliphatic heterocycles. The van der Waals surface area contributed by atoms with E-state index in [0.717, 1.165) is 0 Å². The lowest BCUT2D eigenvalue weighted by atomic mass is 10.4. The number of hydrogen-bond acceptors (Lipinski definition) is 2. The summed E-state index contributed by atoms with van der Waals surface area (Å²) in [6.07, 6.45) is -0.507. The average molecular weight is 146 g/mol. The molecular formula is C6H14N2O2. The van der Waals surface area contributed by atoms with Gasteiger partial charge in [0.25, 0.3) is 0 Å². The summed E-state index contributed by atoms with van der Waals surface area (Å²) in [5, 5.41) is 8.85. The summed E-state index contributed by atoms with van der Waals surface area (Å²) < 4.78 is 0. The quantitative estimate of drug-likeness (QED) is 0.577. The smallest absolute Gasteiger partial charge is 0.314 e. The van der Waals surface area contributed by atoms with Crippen molar-refractivity contribution in [2.75, 3.05) is 13.1 Å². The molecule has 3 N–H and O–H groups in total. The number of aliphatic hydroxyl groups is 1. The highest BCUT2D eigenvalue weighted by Gasteiger charge is 2.08. The molecule has 4 nitrogen and oxygen atoms in total. The van der Waals surface area contributed by atoms with Crippen molar-refractivity contribution in [2.45, 2.75) is 20.0 Å². The van der Waals surface area contributed by atoms with E-state index >= 15 is 0 Å². The maximum absolute atomic E-state index is 10.5. The van der Waals surface area contributed by atoms with Crippen LogP contribution in [0.25, 0.3) is 0 Å². The highest BCUT2D eigenvalue weighted by molar-refractivity contribution is 5.71. The van der Waals surface area contributed by atoms with Gasteiger partial charge in [-0.2, -0.15) is 0 Å². The van der Waals surface area contributed by atoms with Gasteiger partial charge in [-0.05, 0) is 13.8 Å². The van der Waals surface area contributed by atoms with Crippen LogP contribution >= 0.6 is 0 Å². The number of urea groups is 1. The second-order valence-corrected chi connectivity index (χ2v) is 2.23. The molecule has 1 unspecified atom stereocenters. The normalized spacial score (nSPS) is 12.7. The molecule has 0 aromatic rings. The Kier molecular flexibility index (Phi) is 3.79. The molecule has 0 aliphatic carbocycles. The zero-order valence-electron chi connectivity index (χ0n) is 6.37. The lowest BCUT2D eigenvalue weighted by molar-refractivity contribution is 0.139. The molecule has 0 aromatic carbocycles. The van der Waals surface area contributed by atoms with E-state index in [0.29, 0.717) is 13.1 Å². The molecule has 2 amide bonds. The molecule has 0 heterocycles. The van der Waals surface area contributed by atoms with Crippen LogP contribution in [0, 0.1) is 0 Å². The first-order chi connectivity index (χ1) is 4.57. The Labute approximate surface area is 60.6 Å². The summed E-state index contributed by atoms with van der Waals surface area (Å²) in [6, 6.07) is -0.483. The van der Waals surface area contributed by atoms with Gasteiger partial charge in [-0.25, -0.2) is 4.79 Å². The zero-order valence-corrected chi connectivity index (χ0v) is 6.37. The maximum Gasteiger partial charge on any atom is 0.314 e. The van der Waals surface area contributed by atoms with Crippen molar-refractivity contribution < 1.29 is 9.90 Å². The molecule has 60 valence electrons. The van der Waals surface area contributed by atoms with Gasteiger partial charge in [0.05, 0.1) is 6.10 Å². The fraction of sp³-hybridized carbons (Fsp3) is 0.833. The standard InChI is InChI=1S/C6H14N2O2/c1-3-8(6(7)10)4-5(2)9/h5,9H,3-4H2,1-2H3,(H2,7,10).